The van der Waals surface area contributed by atoms with Crippen molar-refractivity contribution in [3.63, 3.8) is 0 Å². The number of amides is 1. The highest BCUT2D eigenvalue weighted by atomic mass is 16.1. The van der Waals surface area contributed by atoms with Crippen LogP contribution in [-0.2, 0) is 17.6 Å². The van der Waals surface area contributed by atoms with Crippen molar-refractivity contribution in [2.75, 3.05) is 7.05 Å². The molecule has 0 atom stereocenters. The molecule has 2 rings (SSSR count). The molecule has 16 heavy (non-hydrogen) atoms. The lowest BCUT2D eigenvalue weighted by Crippen LogP contribution is -2.11. The number of nitrogens with one attached hydrogen (secondary N) is 1. The lowest BCUT2D eigenvalue weighted by atomic mass is 9.91. The standard InChI is InChI=1S/C11H14.C3H7NO/c1-9-6-7-10-4-2-3-5-11(10)8-9;1-3(5)4-2/h6-8H,2-5H2,1H3;1-2H3,(H,4,5). The van der Waals surface area contributed by atoms with Gasteiger partial charge in [-0.1, -0.05) is 23.8 Å². The highest BCUT2D eigenvalue weighted by Crippen LogP contribution is 2.21. The lowest BCUT2D eigenvalue weighted by molar-refractivity contribution is -0.118. The van der Waals surface area contributed by atoms with Crippen LogP contribution in [0, 0.1) is 6.92 Å². The minimum absolute atomic E-state index is 0.00463. The van der Waals surface area contributed by atoms with E-state index < -0.39 is 0 Å². The maximum atomic E-state index is 9.70. The van der Waals surface area contributed by atoms with Crippen LogP contribution in [-0.4, -0.2) is 13.0 Å². The molecule has 88 valence electrons. The maximum Gasteiger partial charge on any atom is 0.216 e. The fourth-order valence-electron chi connectivity index (χ4n) is 1.86. The Morgan fingerprint density at radius 2 is 1.75 bits per heavy atom. The first-order valence-electron chi connectivity index (χ1n) is 5.90. The third-order valence-corrected chi connectivity index (χ3v) is 2.86. The molecule has 0 saturated carbocycles. The maximum absolute atomic E-state index is 9.70. The van der Waals surface area contributed by atoms with E-state index in [4.69, 9.17) is 0 Å². The molecule has 0 aliphatic heterocycles. The van der Waals surface area contributed by atoms with Gasteiger partial charge in [0.05, 0.1) is 0 Å². The molecule has 0 bridgehead atoms. The minimum atomic E-state index is 0.00463. The molecule has 2 heteroatoms. The minimum Gasteiger partial charge on any atom is -0.359 e. The summed E-state index contributed by atoms with van der Waals surface area (Å²) in [5.41, 5.74) is 4.59. The Balaban J connectivity index is 0.000000221. The quantitative estimate of drug-likeness (QED) is 0.714. The van der Waals surface area contributed by atoms with Gasteiger partial charge in [0.2, 0.25) is 5.91 Å². The van der Waals surface area contributed by atoms with E-state index >= 15 is 0 Å². The van der Waals surface area contributed by atoms with Crippen LogP contribution in [0.15, 0.2) is 18.2 Å². The van der Waals surface area contributed by atoms with Crippen LogP contribution in [0.5, 0.6) is 0 Å². The normalized spacial score (nSPS) is 13.2. The fourth-order valence-corrected chi connectivity index (χ4v) is 1.86. The van der Waals surface area contributed by atoms with Crippen molar-refractivity contribution >= 4 is 5.91 Å². The van der Waals surface area contributed by atoms with Crippen LogP contribution in [0.3, 0.4) is 0 Å². The predicted molar refractivity (Wildman–Crippen MR) is 67.6 cm³/mol. The van der Waals surface area contributed by atoms with Crippen molar-refractivity contribution in [3.05, 3.63) is 34.9 Å². The van der Waals surface area contributed by atoms with Gasteiger partial charge in [0.25, 0.3) is 0 Å². The first-order chi connectivity index (χ1) is 7.63. The Morgan fingerprint density at radius 3 is 2.31 bits per heavy atom. The summed E-state index contributed by atoms with van der Waals surface area (Å²) < 4.78 is 0. The van der Waals surface area contributed by atoms with E-state index in [2.05, 4.69) is 30.4 Å². The number of hydrogen-bond acceptors (Lipinski definition) is 1. The van der Waals surface area contributed by atoms with Crippen LogP contribution >= 0.6 is 0 Å². The van der Waals surface area contributed by atoms with Crippen LogP contribution in [0.4, 0.5) is 0 Å². The molecule has 0 radical (unpaired) electrons. The fraction of sp³-hybridized carbons (Fsp3) is 0.500. The second-order valence-corrected chi connectivity index (χ2v) is 4.29. The Hall–Kier alpha value is -1.31. The summed E-state index contributed by atoms with van der Waals surface area (Å²) >= 11 is 0. The molecule has 1 aliphatic carbocycles. The molecule has 1 N–H and O–H groups in total. The van der Waals surface area contributed by atoms with Crippen molar-refractivity contribution in [1.82, 2.24) is 5.32 Å². The summed E-state index contributed by atoms with van der Waals surface area (Å²) in [6.07, 6.45) is 5.37. The zero-order chi connectivity index (χ0) is 12.0. The molecule has 0 spiro atoms. The van der Waals surface area contributed by atoms with E-state index in [-0.39, 0.29) is 5.91 Å². The summed E-state index contributed by atoms with van der Waals surface area (Å²) in [5, 5.41) is 2.39. The summed E-state index contributed by atoms with van der Waals surface area (Å²) in [4.78, 5) is 9.70. The van der Waals surface area contributed by atoms with Gasteiger partial charge in [0, 0.05) is 14.0 Å². The van der Waals surface area contributed by atoms with Crippen molar-refractivity contribution in [3.8, 4) is 0 Å². The van der Waals surface area contributed by atoms with E-state index in [9.17, 15) is 4.79 Å². The topological polar surface area (TPSA) is 29.1 Å². The zero-order valence-electron chi connectivity index (χ0n) is 10.5. The Labute approximate surface area is 98.1 Å². The molecular formula is C14H21NO. The average Bonchev–Trinajstić information content (AvgIpc) is 2.29. The molecule has 0 aromatic heterocycles. The number of hydrogen-bond donors (Lipinski definition) is 1. The molecule has 0 heterocycles. The third-order valence-electron chi connectivity index (χ3n) is 2.86. The summed E-state index contributed by atoms with van der Waals surface area (Å²) in [6.45, 7) is 3.65. The second kappa shape index (κ2) is 6.31. The van der Waals surface area contributed by atoms with Crippen LogP contribution < -0.4 is 5.32 Å². The summed E-state index contributed by atoms with van der Waals surface area (Å²) in [7, 11) is 1.60. The third kappa shape index (κ3) is 4.05. The van der Waals surface area contributed by atoms with E-state index in [0.717, 1.165) is 0 Å². The van der Waals surface area contributed by atoms with Gasteiger partial charge < -0.3 is 5.32 Å². The SMILES string of the molecule is CNC(C)=O.Cc1ccc2c(c1)CCCC2. The molecule has 1 amide bonds. The monoisotopic (exact) mass is 219 g/mol. The van der Waals surface area contributed by atoms with Gasteiger partial charge in [-0.2, -0.15) is 0 Å². The summed E-state index contributed by atoms with van der Waals surface area (Å²) in [5.74, 6) is 0.00463. The Bertz CT molecular complexity index is 358. The first-order valence-corrected chi connectivity index (χ1v) is 5.90. The van der Waals surface area contributed by atoms with Crippen LogP contribution in [0.1, 0.15) is 36.5 Å². The van der Waals surface area contributed by atoms with E-state index in [1.54, 1.807) is 18.2 Å². The van der Waals surface area contributed by atoms with Gasteiger partial charge in [-0.15, -0.1) is 0 Å². The number of rotatable bonds is 0. The predicted octanol–water partition coefficient (Wildman–Crippen LogP) is 2.63. The number of aryl methyl sites for hydroxylation is 3. The van der Waals surface area contributed by atoms with Crippen molar-refractivity contribution in [2.45, 2.75) is 39.5 Å². The lowest BCUT2D eigenvalue weighted by Gasteiger charge is -2.15. The van der Waals surface area contributed by atoms with Gasteiger partial charge in [0.15, 0.2) is 0 Å². The van der Waals surface area contributed by atoms with Gasteiger partial charge in [-0.25, -0.2) is 0 Å². The van der Waals surface area contributed by atoms with Crippen molar-refractivity contribution in [1.29, 1.82) is 0 Å². The Morgan fingerprint density at radius 1 is 1.19 bits per heavy atom. The molecule has 0 fully saturated rings. The molecule has 0 saturated heterocycles. The van der Waals surface area contributed by atoms with E-state index in [1.165, 1.54) is 38.2 Å². The number of carbonyl (C=O) groups excluding carboxylic acids is 1. The average molecular weight is 219 g/mol. The van der Waals surface area contributed by atoms with Crippen LogP contribution in [0.2, 0.25) is 0 Å². The van der Waals surface area contributed by atoms with E-state index in [1.807, 2.05) is 0 Å². The van der Waals surface area contributed by atoms with Gasteiger partial charge in [-0.3, -0.25) is 4.79 Å². The molecule has 2 nitrogen and oxygen atoms in total. The first kappa shape index (κ1) is 12.8. The largest absolute Gasteiger partial charge is 0.359 e. The Kier molecular flexibility index (Phi) is 5.03. The smallest absolute Gasteiger partial charge is 0.216 e. The second-order valence-electron chi connectivity index (χ2n) is 4.29. The van der Waals surface area contributed by atoms with Gasteiger partial charge in [0.1, 0.15) is 0 Å². The molecule has 1 aromatic rings. The number of carbonyl (C=O) groups is 1. The van der Waals surface area contributed by atoms with E-state index in [0.29, 0.717) is 0 Å². The summed E-state index contributed by atoms with van der Waals surface area (Å²) in [6, 6.07) is 6.86. The molecule has 1 aromatic carbocycles. The zero-order valence-corrected chi connectivity index (χ0v) is 10.5. The molecule has 0 unspecified atom stereocenters. The number of fused-ring (bicyclic) bond motifs is 1. The highest BCUT2D eigenvalue weighted by Gasteiger charge is 2.07. The number of benzene rings is 1. The van der Waals surface area contributed by atoms with Crippen LogP contribution in [0.25, 0.3) is 0 Å². The molecule has 1 aliphatic rings. The van der Waals surface area contributed by atoms with Crippen molar-refractivity contribution in [2.24, 2.45) is 0 Å². The van der Waals surface area contributed by atoms with Gasteiger partial charge in [-0.05, 0) is 43.7 Å². The van der Waals surface area contributed by atoms with Crippen molar-refractivity contribution < 1.29 is 4.79 Å². The highest BCUT2D eigenvalue weighted by molar-refractivity contribution is 5.72. The van der Waals surface area contributed by atoms with Gasteiger partial charge >= 0.3 is 0 Å². The molecular weight excluding hydrogens is 198 g/mol.